The topological polar surface area (TPSA) is 52.7 Å². The van der Waals surface area contributed by atoms with Crippen molar-refractivity contribution in [2.75, 3.05) is 31.5 Å². The molecule has 3 amide bonds. The van der Waals surface area contributed by atoms with Crippen molar-refractivity contribution in [2.45, 2.75) is 0 Å². The smallest absolute Gasteiger partial charge is 0.322 e. The maximum absolute atomic E-state index is 13.6. The van der Waals surface area contributed by atoms with E-state index in [2.05, 4.69) is 5.32 Å². The molecule has 1 fully saturated rings. The summed E-state index contributed by atoms with van der Waals surface area (Å²) in [6, 6.07) is 12.4. The molecule has 2 aromatic rings. The van der Waals surface area contributed by atoms with Crippen LogP contribution in [-0.2, 0) is 0 Å². The highest BCUT2D eigenvalue weighted by Crippen LogP contribution is 2.16. The molecular formula is C18H17ClFN3O2. The van der Waals surface area contributed by atoms with Gasteiger partial charge in [-0.3, -0.25) is 4.79 Å². The summed E-state index contributed by atoms with van der Waals surface area (Å²) in [5.74, 6) is -0.595. The summed E-state index contributed by atoms with van der Waals surface area (Å²) in [4.78, 5) is 27.9. The molecule has 0 saturated carbocycles. The van der Waals surface area contributed by atoms with E-state index in [9.17, 15) is 14.0 Å². The fraction of sp³-hybridized carbons (Fsp3) is 0.222. The van der Waals surface area contributed by atoms with E-state index >= 15 is 0 Å². The Hall–Kier alpha value is -2.60. The van der Waals surface area contributed by atoms with Crippen molar-refractivity contribution in [1.29, 1.82) is 0 Å². The van der Waals surface area contributed by atoms with Gasteiger partial charge in [-0.15, -0.1) is 0 Å². The van der Waals surface area contributed by atoms with Crippen molar-refractivity contribution < 1.29 is 14.0 Å². The molecule has 1 aliphatic heterocycles. The van der Waals surface area contributed by atoms with Crippen LogP contribution in [-0.4, -0.2) is 47.9 Å². The van der Waals surface area contributed by atoms with E-state index in [0.29, 0.717) is 36.8 Å². The van der Waals surface area contributed by atoms with E-state index in [1.54, 1.807) is 46.2 Å². The summed E-state index contributed by atoms with van der Waals surface area (Å²) >= 11 is 5.92. The second kappa shape index (κ2) is 7.53. The number of hydrogen-bond donors (Lipinski definition) is 1. The number of nitrogens with zero attached hydrogens (tertiary/aromatic N) is 2. The van der Waals surface area contributed by atoms with Crippen molar-refractivity contribution in [3.63, 3.8) is 0 Å². The van der Waals surface area contributed by atoms with Crippen LogP contribution in [0.3, 0.4) is 0 Å². The van der Waals surface area contributed by atoms with E-state index in [0.717, 1.165) is 0 Å². The van der Waals surface area contributed by atoms with Gasteiger partial charge in [0.15, 0.2) is 0 Å². The van der Waals surface area contributed by atoms with Crippen LogP contribution < -0.4 is 5.32 Å². The van der Waals surface area contributed by atoms with Gasteiger partial charge in [0.1, 0.15) is 5.82 Å². The highest BCUT2D eigenvalue weighted by atomic mass is 35.5. The molecule has 0 bridgehead atoms. The van der Waals surface area contributed by atoms with Crippen LogP contribution in [0.15, 0.2) is 48.5 Å². The Labute approximate surface area is 150 Å². The van der Waals surface area contributed by atoms with Crippen molar-refractivity contribution in [3.8, 4) is 0 Å². The summed E-state index contributed by atoms with van der Waals surface area (Å²) in [7, 11) is 0. The van der Waals surface area contributed by atoms with Crippen LogP contribution in [0.4, 0.5) is 14.9 Å². The van der Waals surface area contributed by atoms with Crippen LogP contribution >= 0.6 is 11.6 Å². The number of halogens is 2. The lowest BCUT2D eigenvalue weighted by atomic mass is 10.2. The Morgan fingerprint density at radius 2 is 1.64 bits per heavy atom. The summed E-state index contributed by atoms with van der Waals surface area (Å²) in [5.41, 5.74) is 0.668. The quantitative estimate of drug-likeness (QED) is 0.890. The molecule has 5 nitrogen and oxygen atoms in total. The lowest BCUT2D eigenvalue weighted by molar-refractivity contribution is 0.0671. The third-order valence-electron chi connectivity index (χ3n) is 4.04. The van der Waals surface area contributed by atoms with Crippen molar-refractivity contribution in [1.82, 2.24) is 9.80 Å². The van der Waals surface area contributed by atoms with Crippen LogP contribution in [0.5, 0.6) is 0 Å². The second-order valence-corrected chi connectivity index (χ2v) is 6.14. The van der Waals surface area contributed by atoms with Crippen molar-refractivity contribution in [3.05, 3.63) is 64.9 Å². The first-order valence-electron chi connectivity index (χ1n) is 7.90. The summed E-state index contributed by atoms with van der Waals surface area (Å²) in [5, 5.41) is 3.06. The molecule has 0 aromatic heterocycles. The number of carbonyl (C=O) groups is 2. The normalized spacial score (nSPS) is 14.3. The standard InChI is InChI=1S/C18H17ClFN3O2/c19-14-5-3-4-13(12-14)17(24)22-8-10-23(11-9-22)18(25)21-16-7-2-1-6-15(16)20/h1-7,12H,8-11H2,(H,21,25). The fourth-order valence-electron chi connectivity index (χ4n) is 2.67. The highest BCUT2D eigenvalue weighted by molar-refractivity contribution is 6.30. The van der Waals surface area contributed by atoms with Gasteiger partial charge < -0.3 is 15.1 Å². The zero-order valence-corrected chi connectivity index (χ0v) is 14.2. The van der Waals surface area contributed by atoms with E-state index in [-0.39, 0.29) is 17.6 Å². The van der Waals surface area contributed by atoms with Crippen molar-refractivity contribution in [2.24, 2.45) is 0 Å². The number of anilines is 1. The predicted octanol–water partition coefficient (Wildman–Crippen LogP) is 3.47. The van der Waals surface area contributed by atoms with Gasteiger partial charge in [-0.05, 0) is 30.3 Å². The highest BCUT2D eigenvalue weighted by Gasteiger charge is 2.25. The molecule has 0 unspecified atom stereocenters. The van der Waals surface area contributed by atoms with Gasteiger partial charge in [-0.2, -0.15) is 0 Å². The van der Waals surface area contributed by atoms with E-state index in [1.165, 1.54) is 12.1 Å². The first-order valence-corrected chi connectivity index (χ1v) is 8.28. The predicted molar refractivity (Wildman–Crippen MR) is 94.3 cm³/mol. The SMILES string of the molecule is O=C(Nc1ccccc1F)N1CCN(C(=O)c2cccc(Cl)c2)CC1. The molecule has 1 aliphatic rings. The van der Waals surface area contributed by atoms with Gasteiger partial charge in [-0.25, -0.2) is 9.18 Å². The van der Waals surface area contributed by atoms with E-state index in [4.69, 9.17) is 11.6 Å². The summed E-state index contributed by atoms with van der Waals surface area (Å²) in [6.07, 6.45) is 0. The van der Waals surface area contributed by atoms with Gasteiger partial charge in [0, 0.05) is 36.8 Å². The average molecular weight is 362 g/mol. The minimum absolute atomic E-state index is 0.114. The first-order chi connectivity index (χ1) is 12.0. The molecule has 25 heavy (non-hydrogen) atoms. The van der Waals surface area contributed by atoms with Gasteiger partial charge in [0.25, 0.3) is 5.91 Å². The molecule has 0 spiro atoms. The molecule has 3 rings (SSSR count). The number of urea groups is 1. The lowest BCUT2D eigenvalue weighted by Gasteiger charge is -2.34. The number of carbonyl (C=O) groups excluding carboxylic acids is 2. The van der Waals surface area contributed by atoms with Crippen LogP contribution in [0.2, 0.25) is 5.02 Å². The third kappa shape index (κ3) is 4.09. The zero-order valence-electron chi connectivity index (χ0n) is 13.4. The second-order valence-electron chi connectivity index (χ2n) is 5.70. The molecule has 1 heterocycles. The Morgan fingerprint density at radius 3 is 2.32 bits per heavy atom. The minimum atomic E-state index is -0.481. The van der Waals surface area contributed by atoms with Gasteiger partial charge in [0.2, 0.25) is 0 Å². The number of nitrogens with one attached hydrogen (secondary N) is 1. The maximum atomic E-state index is 13.6. The number of piperazine rings is 1. The van der Waals surface area contributed by atoms with E-state index < -0.39 is 5.82 Å². The van der Waals surface area contributed by atoms with Crippen LogP contribution in [0, 0.1) is 5.82 Å². The van der Waals surface area contributed by atoms with Gasteiger partial charge in [-0.1, -0.05) is 29.8 Å². The molecule has 7 heteroatoms. The number of amides is 3. The Morgan fingerprint density at radius 1 is 0.960 bits per heavy atom. The average Bonchev–Trinajstić information content (AvgIpc) is 2.63. The Bertz CT molecular complexity index is 791. The lowest BCUT2D eigenvalue weighted by Crippen LogP contribution is -2.51. The Kier molecular flexibility index (Phi) is 5.19. The van der Waals surface area contributed by atoms with Crippen LogP contribution in [0.25, 0.3) is 0 Å². The third-order valence-corrected chi connectivity index (χ3v) is 4.28. The van der Waals surface area contributed by atoms with Gasteiger partial charge >= 0.3 is 6.03 Å². The first kappa shape index (κ1) is 17.2. The summed E-state index contributed by atoms with van der Waals surface area (Å²) < 4.78 is 13.6. The molecule has 1 saturated heterocycles. The largest absolute Gasteiger partial charge is 0.335 e. The molecule has 0 aliphatic carbocycles. The molecule has 1 N–H and O–H groups in total. The fourth-order valence-corrected chi connectivity index (χ4v) is 2.86. The monoisotopic (exact) mass is 361 g/mol. The maximum Gasteiger partial charge on any atom is 0.322 e. The van der Waals surface area contributed by atoms with Crippen LogP contribution in [0.1, 0.15) is 10.4 Å². The minimum Gasteiger partial charge on any atom is -0.335 e. The summed E-state index contributed by atoms with van der Waals surface area (Å²) in [6.45, 7) is 1.59. The zero-order chi connectivity index (χ0) is 17.8. The van der Waals surface area contributed by atoms with E-state index in [1.807, 2.05) is 0 Å². The molecule has 0 radical (unpaired) electrons. The molecule has 2 aromatic carbocycles. The number of para-hydroxylation sites is 1. The number of rotatable bonds is 2. The van der Waals surface area contributed by atoms with Gasteiger partial charge in [0.05, 0.1) is 5.69 Å². The molecular weight excluding hydrogens is 345 g/mol. The number of hydrogen-bond acceptors (Lipinski definition) is 2. The van der Waals surface area contributed by atoms with Crippen molar-refractivity contribution >= 4 is 29.2 Å². The Balaban J connectivity index is 1.57. The molecule has 130 valence electrons. The number of benzene rings is 2. The molecule has 0 atom stereocenters.